The number of nitrogens with zero attached hydrogens (tertiary/aromatic N) is 2. The van der Waals surface area contributed by atoms with Gasteiger partial charge in [0.1, 0.15) is 0 Å². The van der Waals surface area contributed by atoms with Crippen LogP contribution in [0.5, 0.6) is 0 Å². The van der Waals surface area contributed by atoms with E-state index >= 15 is 0 Å². The van der Waals surface area contributed by atoms with Gasteiger partial charge in [0.05, 0.1) is 19.4 Å². The number of nitrogens with two attached hydrogens (primary N) is 1. The lowest BCUT2D eigenvalue weighted by Crippen LogP contribution is -2.58. The molecule has 2 N–H and O–H groups in total. The fourth-order valence-electron chi connectivity index (χ4n) is 4.17. The summed E-state index contributed by atoms with van der Waals surface area (Å²) >= 11 is 5.97. The van der Waals surface area contributed by atoms with Crippen LogP contribution >= 0.6 is 11.6 Å². The quantitative estimate of drug-likeness (QED) is 0.400. The molecule has 7 nitrogen and oxygen atoms in total. The molecule has 0 radical (unpaired) electrons. The predicted octanol–water partition coefficient (Wildman–Crippen LogP) is 2.26. The van der Waals surface area contributed by atoms with Gasteiger partial charge in [-0.2, -0.15) is 4.73 Å². The first-order valence-corrected chi connectivity index (χ1v) is 10.7. The molecule has 2 aromatic rings. The van der Waals surface area contributed by atoms with Crippen molar-refractivity contribution in [1.82, 2.24) is 4.90 Å². The van der Waals surface area contributed by atoms with Gasteiger partial charge in [0.15, 0.2) is 11.9 Å². The summed E-state index contributed by atoms with van der Waals surface area (Å²) < 4.78 is 5.51. The Bertz CT molecular complexity index is 921. The molecule has 0 unspecified atom stereocenters. The molecule has 2 heterocycles. The lowest BCUT2D eigenvalue weighted by Gasteiger charge is -2.41. The Morgan fingerprint density at radius 1 is 1.29 bits per heavy atom. The highest BCUT2D eigenvalue weighted by atomic mass is 35.5. The predicted molar refractivity (Wildman–Crippen MR) is 117 cm³/mol. The number of likely N-dealkylation sites (tertiary alicyclic amines) is 1. The molecule has 0 aliphatic carbocycles. The molecule has 0 bridgehead atoms. The van der Waals surface area contributed by atoms with Gasteiger partial charge in [-0.1, -0.05) is 29.8 Å². The van der Waals surface area contributed by atoms with Crippen LogP contribution in [0.4, 0.5) is 0 Å². The maximum atomic E-state index is 13.4. The minimum atomic E-state index is -0.687. The highest BCUT2D eigenvalue weighted by Gasteiger charge is 2.37. The van der Waals surface area contributed by atoms with Crippen LogP contribution in [0.2, 0.25) is 5.02 Å². The second kappa shape index (κ2) is 10.1. The van der Waals surface area contributed by atoms with Crippen LogP contribution in [0, 0.1) is 11.1 Å². The summed E-state index contributed by atoms with van der Waals surface area (Å²) in [7, 11) is 1.29. The van der Waals surface area contributed by atoms with E-state index in [4.69, 9.17) is 22.1 Å². The van der Waals surface area contributed by atoms with E-state index in [0.717, 1.165) is 23.1 Å². The van der Waals surface area contributed by atoms with E-state index in [1.54, 1.807) is 23.1 Å². The molecule has 31 heavy (non-hydrogen) atoms. The number of hydrogen-bond acceptors (Lipinski definition) is 5. The molecule has 0 spiro atoms. The number of pyridine rings is 1. The minimum Gasteiger partial charge on any atom is -0.619 e. The van der Waals surface area contributed by atoms with Gasteiger partial charge in [0.2, 0.25) is 5.91 Å². The standard InChI is InChI=1S/C23H28ClN3O4/c1-31-21(28)14-18(13-20-5-2-3-12-27(20)30)22(29)26-11-4-10-23(25,16-26)15-17-6-8-19(24)9-7-17/h2-3,5-9,12,18H,4,10-11,13-16,25H2,1H3/t18-,23-/m1/s1. The molecular weight excluding hydrogens is 418 g/mol. The number of benzene rings is 1. The van der Waals surface area contributed by atoms with Crippen molar-refractivity contribution >= 4 is 23.5 Å². The third-order valence-corrected chi connectivity index (χ3v) is 5.99. The maximum absolute atomic E-state index is 13.4. The van der Waals surface area contributed by atoms with E-state index in [2.05, 4.69) is 0 Å². The zero-order valence-electron chi connectivity index (χ0n) is 17.6. The SMILES string of the molecule is COC(=O)C[C@@H](Cc1cccc[n+]1[O-])C(=O)N1CCC[C@@](N)(Cc2ccc(Cl)cc2)C1. The van der Waals surface area contributed by atoms with Crippen LogP contribution in [-0.2, 0) is 27.2 Å². The van der Waals surface area contributed by atoms with Crippen LogP contribution < -0.4 is 10.5 Å². The summed E-state index contributed by atoms with van der Waals surface area (Å²) in [6.45, 7) is 0.959. The lowest BCUT2D eigenvalue weighted by atomic mass is 9.83. The Morgan fingerprint density at radius 3 is 2.71 bits per heavy atom. The monoisotopic (exact) mass is 445 g/mol. The molecule has 1 aromatic heterocycles. The maximum Gasteiger partial charge on any atom is 0.306 e. The summed E-state index contributed by atoms with van der Waals surface area (Å²) in [5.41, 5.74) is 7.61. The van der Waals surface area contributed by atoms with Crippen molar-refractivity contribution in [3.05, 3.63) is 70.1 Å². The minimum absolute atomic E-state index is 0.0878. The van der Waals surface area contributed by atoms with Crippen LogP contribution in [0.1, 0.15) is 30.5 Å². The van der Waals surface area contributed by atoms with Gasteiger partial charge in [-0.25, -0.2) is 0 Å². The first-order valence-electron chi connectivity index (χ1n) is 10.4. The third-order valence-electron chi connectivity index (χ3n) is 5.74. The van der Waals surface area contributed by atoms with Crippen LogP contribution in [0.25, 0.3) is 0 Å². The largest absolute Gasteiger partial charge is 0.619 e. The second-order valence-corrected chi connectivity index (χ2v) is 8.66. The van der Waals surface area contributed by atoms with Gasteiger partial charge in [-0.05, 0) is 37.0 Å². The summed E-state index contributed by atoms with van der Waals surface area (Å²) in [4.78, 5) is 27.1. The number of halogens is 1. The Labute approximate surface area is 187 Å². The molecule has 1 saturated heterocycles. The number of amides is 1. The highest BCUT2D eigenvalue weighted by Crippen LogP contribution is 2.26. The van der Waals surface area contributed by atoms with Crippen molar-refractivity contribution < 1.29 is 19.1 Å². The van der Waals surface area contributed by atoms with Crippen LogP contribution in [0.3, 0.4) is 0 Å². The smallest absolute Gasteiger partial charge is 0.306 e. The van der Waals surface area contributed by atoms with Gasteiger partial charge in [0.25, 0.3) is 0 Å². The molecule has 166 valence electrons. The molecule has 1 aliphatic heterocycles. The van der Waals surface area contributed by atoms with E-state index in [1.807, 2.05) is 24.3 Å². The second-order valence-electron chi connectivity index (χ2n) is 8.23. The molecule has 1 fully saturated rings. The van der Waals surface area contributed by atoms with Crippen LogP contribution in [-0.4, -0.2) is 42.5 Å². The van der Waals surface area contributed by atoms with Crippen molar-refractivity contribution in [2.45, 2.75) is 37.6 Å². The zero-order chi connectivity index (χ0) is 22.4. The van der Waals surface area contributed by atoms with Crippen molar-refractivity contribution in [2.75, 3.05) is 20.2 Å². The first kappa shape index (κ1) is 23.0. The van der Waals surface area contributed by atoms with Gasteiger partial charge in [-0.15, -0.1) is 0 Å². The number of piperidine rings is 1. The molecule has 1 aliphatic rings. The number of hydrogen-bond donors (Lipinski definition) is 1. The van der Waals surface area contributed by atoms with Crippen LogP contribution in [0.15, 0.2) is 48.7 Å². The van der Waals surface area contributed by atoms with E-state index in [9.17, 15) is 14.8 Å². The van der Waals surface area contributed by atoms with Gasteiger partial charge in [-0.3, -0.25) is 9.59 Å². The van der Waals surface area contributed by atoms with Gasteiger partial charge >= 0.3 is 5.97 Å². The number of rotatable bonds is 7. The molecule has 1 aromatic carbocycles. The number of carbonyl (C=O) groups excluding carboxylic acids is 2. The van der Waals surface area contributed by atoms with Crippen molar-refractivity contribution in [2.24, 2.45) is 11.7 Å². The van der Waals surface area contributed by atoms with Crippen molar-refractivity contribution in [3.63, 3.8) is 0 Å². The summed E-state index contributed by atoms with van der Waals surface area (Å²) in [5.74, 6) is -1.35. The zero-order valence-corrected chi connectivity index (χ0v) is 18.4. The Hall–Kier alpha value is -2.64. The number of carbonyl (C=O) groups is 2. The number of ether oxygens (including phenoxy) is 1. The Morgan fingerprint density at radius 2 is 2.03 bits per heavy atom. The molecule has 2 atom stereocenters. The molecular formula is C23H28ClN3O4. The van der Waals surface area contributed by atoms with Gasteiger partial charge < -0.3 is 20.6 Å². The number of esters is 1. The number of aromatic nitrogens is 1. The fraction of sp³-hybridized carbons (Fsp3) is 0.435. The van der Waals surface area contributed by atoms with E-state index in [1.165, 1.54) is 13.3 Å². The van der Waals surface area contributed by atoms with Crippen molar-refractivity contribution in [1.29, 1.82) is 0 Å². The molecule has 3 rings (SSSR count). The van der Waals surface area contributed by atoms with E-state index in [-0.39, 0.29) is 18.7 Å². The normalized spacial score (nSPS) is 19.6. The fourth-order valence-corrected chi connectivity index (χ4v) is 4.29. The Kier molecular flexibility index (Phi) is 7.51. The third kappa shape index (κ3) is 6.18. The number of methoxy groups -OCH3 is 1. The summed E-state index contributed by atoms with van der Waals surface area (Å²) in [6.07, 6.45) is 3.63. The summed E-state index contributed by atoms with van der Waals surface area (Å²) in [6, 6.07) is 12.6. The summed E-state index contributed by atoms with van der Waals surface area (Å²) in [5, 5.41) is 12.7. The highest BCUT2D eigenvalue weighted by molar-refractivity contribution is 6.30. The first-order chi connectivity index (χ1) is 14.8. The average Bonchev–Trinajstić information content (AvgIpc) is 2.75. The van der Waals surface area contributed by atoms with Crippen molar-refractivity contribution in [3.8, 4) is 0 Å². The Balaban J connectivity index is 1.75. The van der Waals surface area contributed by atoms with E-state index < -0.39 is 17.4 Å². The molecule has 0 saturated carbocycles. The van der Waals surface area contributed by atoms with E-state index in [0.29, 0.717) is 30.2 Å². The lowest BCUT2D eigenvalue weighted by molar-refractivity contribution is -0.614. The molecule has 1 amide bonds. The molecule has 8 heteroatoms. The average molecular weight is 446 g/mol. The topological polar surface area (TPSA) is 99.6 Å². The van der Waals surface area contributed by atoms with Gasteiger partial charge in [0, 0.05) is 42.2 Å².